The van der Waals surface area contributed by atoms with E-state index in [0.717, 1.165) is 51.4 Å². The molecule has 0 aliphatic carbocycles. The fraction of sp³-hybridized carbons (Fsp3) is 0.885. The monoisotopic (exact) mass is 1020 g/mol. The van der Waals surface area contributed by atoms with E-state index in [1.165, 1.54) is 180 Å². The van der Waals surface area contributed by atoms with Gasteiger partial charge >= 0.3 is 0 Å². The highest BCUT2D eigenvalue weighted by Crippen LogP contribution is 2.23. The van der Waals surface area contributed by atoms with Gasteiger partial charge in [0.2, 0.25) is 5.91 Å². The van der Waals surface area contributed by atoms with Gasteiger partial charge in [0.05, 0.1) is 25.4 Å². The molecule has 1 aliphatic rings. The second-order valence-corrected chi connectivity index (χ2v) is 21.4. The highest BCUT2D eigenvalue weighted by atomic mass is 16.7. The summed E-state index contributed by atoms with van der Waals surface area (Å²) in [5.74, 6) is -0.718. The molecule has 0 radical (unpaired) electrons. The number of ether oxygens (including phenoxy) is 2. The van der Waals surface area contributed by atoms with Crippen molar-refractivity contribution in [1.29, 1.82) is 0 Å². The predicted octanol–water partition coefficient (Wildman–Crippen LogP) is 13.1. The van der Waals surface area contributed by atoms with Crippen LogP contribution in [0.1, 0.15) is 277 Å². The van der Waals surface area contributed by atoms with Crippen molar-refractivity contribution in [2.75, 3.05) is 13.2 Å². The van der Waals surface area contributed by atoms with E-state index >= 15 is 0 Å². The lowest BCUT2D eigenvalue weighted by molar-refractivity contribution is -0.303. The van der Waals surface area contributed by atoms with Crippen LogP contribution in [0, 0.1) is 0 Å². The Hall–Kier alpha value is -1.67. The number of carbonyl (C=O) groups is 1. The molecule has 0 aromatic heterocycles. The molecule has 1 fully saturated rings. The molecule has 0 saturated carbocycles. The van der Waals surface area contributed by atoms with Crippen LogP contribution in [0.2, 0.25) is 0 Å². The Morgan fingerprint density at radius 3 is 1.24 bits per heavy atom. The third kappa shape index (κ3) is 38.0. The molecule has 8 N–H and O–H groups in total. The fourth-order valence-corrected chi connectivity index (χ4v) is 9.69. The van der Waals surface area contributed by atoms with Crippen LogP contribution in [-0.4, -0.2) is 110 Å². The largest absolute Gasteiger partial charge is 0.394 e. The number of unbranched alkanes of at least 4 members (excludes halogenated alkanes) is 34. The summed E-state index contributed by atoms with van der Waals surface area (Å²) >= 11 is 0. The van der Waals surface area contributed by atoms with Crippen molar-refractivity contribution in [3.05, 3.63) is 36.5 Å². The summed E-state index contributed by atoms with van der Waals surface area (Å²) in [6.45, 7) is 3.45. The topological polar surface area (TPSA) is 189 Å². The van der Waals surface area contributed by atoms with Crippen LogP contribution in [0.4, 0.5) is 0 Å². The van der Waals surface area contributed by atoms with Gasteiger partial charge in [-0.25, -0.2) is 0 Å². The fourth-order valence-electron chi connectivity index (χ4n) is 9.69. The standard InChI is InChI=1S/C61H115NO10/c1-3-5-7-9-11-13-15-17-19-20-21-22-23-24-25-26-27-28-29-30-31-32-33-35-36-38-40-42-44-46-48-53(64)56(66)52(51-71-61-59(69)58(68)57(67)55(50-63)72-61)62-60(70)54(65)49-47-45-43-41-39-37-34-18-16-14-12-10-8-6-4-2/h33-35,37,40,42,52-59,61,63-69H,3-32,36,38-39,41,43-51H2,1-2H3,(H,62,70)/b35-33+,37-34-,42-40+. The van der Waals surface area contributed by atoms with Gasteiger partial charge in [0.25, 0.3) is 0 Å². The maximum absolute atomic E-state index is 13.1. The van der Waals surface area contributed by atoms with Gasteiger partial charge in [0.15, 0.2) is 6.29 Å². The third-order valence-corrected chi connectivity index (χ3v) is 14.6. The van der Waals surface area contributed by atoms with E-state index in [1.54, 1.807) is 0 Å². The van der Waals surface area contributed by atoms with Gasteiger partial charge in [-0.15, -0.1) is 0 Å². The molecule has 1 amide bonds. The number of nitrogens with one attached hydrogen (secondary N) is 1. The Labute approximate surface area is 441 Å². The summed E-state index contributed by atoms with van der Waals surface area (Å²) in [4.78, 5) is 13.1. The lowest BCUT2D eigenvalue weighted by Gasteiger charge is -2.40. The maximum atomic E-state index is 13.1. The molecule has 424 valence electrons. The van der Waals surface area contributed by atoms with Crippen LogP contribution in [0.15, 0.2) is 36.5 Å². The molecule has 9 unspecified atom stereocenters. The molecule has 1 heterocycles. The SMILES string of the molecule is CCCCCCCCC/C=C\CCCCCCC(O)C(=O)NC(COC1OC(CO)C(O)C(O)C1O)C(O)C(O)CCC/C=C/CC/C=C/CCCCCCCCCCCCCCCCCCCCCCC. The molecule has 0 aromatic rings. The normalized spacial score (nSPS) is 20.3. The van der Waals surface area contributed by atoms with Crippen LogP contribution >= 0.6 is 0 Å². The number of allylic oxidation sites excluding steroid dienone is 6. The van der Waals surface area contributed by atoms with Gasteiger partial charge in [-0.05, 0) is 77.0 Å². The summed E-state index contributed by atoms with van der Waals surface area (Å²) in [6, 6.07) is -1.20. The summed E-state index contributed by atoms with van der Waals surface area (Å²) < 4.78 is 11.1. The summed E-state index contributed by atoms with van der Waals surface area (Å²) in [5.41, 5.74) is 0. The molecule has 11 nitrogen and oxygen atoms in total. The molecule has 0 bridgehead atoms. The molecule has 9 atom stereocenters. The highest BCUT2D eigenvalue weighted by molar-refractivity contribution is 5.80. The zero-order valence-electron chi connectivity index (χ0n) is 46.4. The molecule has 1 rings (SSSR count). The summed E-state index contributed by atoms with van der Waals surface area (Å²) in [6.07, 6.45) is 50.8. The van der Waals surface area contributed by atoms with Gasteiger partial charge in [0, 0.05) is 0 Å². The lowest BCUT2D eigenvalue weighted by Crippen LogP contribution is -2.60. The average molecular weight is 1020 g/mol. The average Bonchev–Trinajstić information content (AvgIpc) is 3.38. The Morgan fingerprint density at radius 2 is 0.833 bits per heavy atom. The second-order valence-electron chi connectivity index (χ2n) is 21.4. The zero-order chi connectivity index (χ0) is 52.5. The number of aliphatic hydroxyl groups is 7. The van der Waals surface area contributed by atoms with Gasteiger partial charge in [0.1, 0.15) is 36.6 Å². The minimum Gasteiger partial charge on any atom is -0.394 e. The molecule has 1 aliphatic heterocycles. The van der Waals surface area contributed by atoms with E-state index in [2.05, 4.69) is 55.6 Å². The number of hydrogen-bond donors (Lipinski definition) is 8. The maximum Gasteiger partial charge on any atom is 0.249 e. The first-order valence-electron chi connectivity index (χ1n) is 30.4. The van der Waals surface area contributed by atoms with E-state index in [-0.39, 0.29) is 12.8 Å². The molecule has 0 aromatic carbocycles. The first-order chi connectivity index (χ1) is 35.2. The zero-order valence-corrected chi connectivity index (χ0v) is 46.4. The summed E-state index contributed by atoms with van der Waals surface area (Å²) in [7, 11) is 0. The predicted molar refractivity (Wildman–Crippen MR) is 298 cm³/mol. The molecule has 0 spiro atoms. The van der Waals surface area contributed by atoms with E-state index in [0.29, 0.717) is 19.3 Å². The van der Waals surface area contributed by atoms with Crippen molar-refractivity contribution in [3.63, 3.8) is 0 Å². The van der Waals surface area contributed by atoms with E-state index < -0.39 is 74.2 Å². The smallest absolute Gasteiger partial charge is 0.249 e. The van der Waals surface area contributed by atoms with E-state index in [4.69, 9.17) is 9.47 Å². The minimum absolute atomic E-state index is 0.237. The Balaban J connectivity index is 2.28. The Bertz CT molecular complexity index is 1260. The number of amides is 1. The van der Waals surface area contributed by atoms with Crippen LogP contribution in [0.25, 0.3) is 0 Å². The van der Waals surface area contributed by atoms with Crippen molar-refractivity contribution in [3.8, 4) is 0 Å². The Kier molecular flexibility index (Phi) is 47.6. The van der Waals surface area contributed by atoms with Crippen LogP contribution in [0.5, 0.6) is 0 Å². The van der Waals surface area contributed by atoms with Gasteiger partial charge < -0.3 is 50.5 Å². The van der Waals surface area contributed by atoms with Gasteiger partial charge in [-0.3, -0.25) is 4.79 Å². The van der Waals surface area contributed by atoms with Crippen LogP contribution in [0.3, 0.4) is 0 Å². The molecular weight excluding hydrogens is 907 g/mol. The lowest BCUT2D eigenvalue weighted by atomic mass is 9.98. The van der Waals surface area contributed by atoms with Gasteiger partial charge in [-0.1, -0.05) is 237 Å². The van der Waals surface area contributed by atoms with Crippen molar-refractivity contribution in [1.82, 2.24) is 5.32 Å². The second kappa shape index (κ2) is 50.2. The van der Waals surface area contributed by atoms with Crippen LogP contribution in [-0.2, 0) is 14.3 Å². The summed E-state index contributed by atoms with van der Waals surface area (Å²) in [5, 5.41) is 76.1. The first kappa shape index (κ1) is 68.3. The highest BCUT2D eigenvalue weighted by Gasteiger charge is 2.44. The third-order valence-electron chi connectivity index (χ3n) is 14.6. The number of hydrogen-bond acceptors (Lipinski definition) is 10. The van der Waals surface area contributed by atoms with E-state index in [9.17, 15) is 40.5 Å². The first-order valence-corrected chi connectivity index (χ1v) is 30.4. The van der Waals surface area contributed by atoms with Crippen molar-refractivity contribution >= 4 is 5.91 Å². The number of carbonyl (C=O) groups excluding carboxylic acids is 1. The van der Waals surface area contributed by atoms with Crippen molar-refractivity contribution < 1.29 is 50.0 Å². The molecular formula is C61H115NO10. The van der Waals surface area contributed by atoms with Crippen molar-refractivity contribution in [2.45, 2.75) is 332 Å². The number of rotatable bonds is 52. The molecule has 72 heavy (non-hydrogen) atoms. The van der Waals surface area contributed by atoms with E-state index in [1.807, 2.05) is 0 Å². The quantitative estimate of drug-likeness (QED) is 0.0215. The molecule has 1 saturated heterocycles. The van der Waals surface area contributed by atoms with Crippen LogP contribution < -0.4 is 5.32 Å². The Morgan fingerprint density at radius 1 is 0.472 bits per heavy atom. The number of aliphatic hydroxyl groups excluding tert-OH is 7. The minimum atomic E-state index is -1.67. The van der Waals surface area contributed by atoms with Crippen molar-refractivity contribution in [2.24, 2.45) is 0 Å². The molecule has 11 heteroatoms. The van der Waals surface area contributed by atoms with Gasteiger partial charge in [-0.2, -0.15) is 0 Å².